The Morgan fingerprint density at radius 2 is 2.29 bits per heavy atom. The summed E-state index contributed by atoms with van der Waals surface area (Å²) >= 11 is 0. The minimum atomic E-state index is -0.673. The van der Waals surface area contributed by atoms with Crippen LogP contribution in [0.15, 0.2) is 24.5 Å². The fourth-order valence-electron chi connectivity index (χ4n) is 2.42. The highest BCUT2D eigenvalue weighted by Crippen LogP contribution is 2.24. The maximum absolute atomic E-state index is 11.1. The molecule has 2 rings (SSSR count). The lowest BCUT2D eigenvalue weighted by Crippen LogP contribution is -2.41. The summed E-state index contributed by atoms with van der Waals surface area (Å²) in [6.07, 6.45) is 7.45. The van der Waals surface area contributed by atoms with E-state index >= 15 is 0 Å². The van der Waals surface area contributed by atoms with Gasteiger partial charge >= 0.3 is 5.97 Å². The van der Waals surface area contributed by atoms with Gasteiger partial charge in [-0.05, 0) is 24.5 Å². The number of carboxylic acids is 1. The molecule has 4 heteroatoms. The molecular weight excluding hydrogens is 216 g/mol. The minimum Gasteiger partial charge on any atom is -0.481 e. The van der Waals surface area contributed by atoms with Gasteiger partial charge < -0.3 is 10.4 Å². The number of hydrogen-bond donors (Lipinski definition) is 2. The Balaban J connectivity index is 1.90. The number of rotatable bonds is 4. The van der Waals surface area contributed by atoms with Crippen LogP contribution in [0.5, 0.6) is 0 Å². The number of aromatic nitrogens is 1. The standard InChI is InChI=1S/C13H18N2O2/c16-13(17)11-5-1-2-6-12(11)15-9-10-4-3-7-14-8-10/h3-4,7-8,11-12,15H,1-2,5-6,9H2,(H,16,17)/t11-,12-/m1/s1. The Morgan fingerprint density at radius 3 is 3.00 bits per heavy atom. The van der Waals surface area contributed by atoms with Crippen molar-refractivity contribution < 1.29 is 9.90 Å². The van der Waals surface area contributed by atoms with Crippen molar-refractivity contribution in [3.8, 4) is 0 Å². The molecule has 1 aliphatic carbocycles. The van der Waals surface area contributed by atoms with Crippen molar-refractivity contribution in [2.24, 2.45) is 5.92 Å². The molecule has 1 aliphatic rings. The zero-order chi connectivity index (χ0) is 12.1. The lowest BCUT2D eigenvalue weighted by Gasteiger charge is -2.29. The van der Waals surface area contributed by atoms with Gasteiger partial charge in [-0.25, -0.2) is 0 Å². The smallest absolute Gasteiger partial charge is 0.308 e. The van der Waals surface area contributed by atoms with E-state index in [2.05, 4.69) is 10.3 Å². The fourth-order valence-corrected chi connectivity index (χ4v) is 2.42. The number of carbonyl (C=O) groups is 1. The first kappa shape index (κ1) is 12.0. The third kappa shape index (κ3) is 3.27. The minimum absolute atomic E-state index is 0.0986. The number of hydrogen-bond acceptors (Lipinski definition) is 3. The Labute approximate surface area is 101 Å². The predicted molar refractivity (Wildman–Crippen MR) is 64.5 cm³/mol. The van der Waals surface area contributed by atoms with Crippen molar-refractivity contribution in [1.29, 1.82) is 0 Å². The van der Waals surface area contributed by atoms with Gasteiger partial charge in [-0.2, -0.15) is 0 Å². The van der Waals surface area contributed by atoms with Crippen LogP contribution in [0, 0.1) is 5.92 Å². The molecule has 0 amide bonds. The molecule has 0 bridgehead atoms. The zero-order valence-corrected chi connectivity index (χ0v) is 9.80. The van der Waals surface area contributed by atoms with Gasteiger partial charge in [0.25, 0.3) is 0 Å². The van der Waals surface area contributed by atoms with Gasteiger partial charge in [0, 0.05) is 25.0 Å². The summed E-state index contributed by atoms with van der Waals surface area (Å²) in [7, 11) is 0. The van der Waals surface area contributed by atoms with Crippen molar-refractivity contribution in [3.63, 3.8) is 0 Å². The molecule has 1 saturated carbocycles. The largest absolute Gasteiger partial charge is 0.481 e. The van der Waals surface area contributed by atoms with E-state index in [-0.39, 0.29) is 12.0 Å². The summed E-state index contributed by atoms with van der Waals surface area (Å²) in [5.74, 6) is -0.909. The Kier molecular flexibility index (Phi) is 4.09. The molecule has 0 spiro atoms. The van der Waals surface area contributed by atoms with Crippen LogP contribution in [-0.4, -0.2) is 22.1 Å². The lowest BCUT2D eigenvalue weighted by atomic mass is 9.84. The van der Waals surface area contributed by atoms with E-state index in [1.165, 1.54) is 0 Å². The molecule has 17 heavy (non-hydrogen) atoms. The highest BCUT2D eigenvalue weighted by molar-refractivity contribution is 5.71. The van der Waals surface area contributed by atoms with E-state index in [1.807, 2.05) is 18.3 Å². The van der Waals surface area contributed by atoms with Crippen molar-refractivity contribution in [2.75, 3.05) is 0 Å². The first-order chi connectivity index (χ1) is 8.27. The van der Waals surface area contributed by atoms with Crippen LogP contribution in [0.2, 0.25) is 0 Å². The van der Waals surface area contributed by atoms with E-state index in [0.717, 1.165) is 31.2 Å². The number of aliphatic carboxylic acids is 1. The zero-order valence-electron chi connectivity index (χ0n) is 9.80. The van der Waals surface area contributed by atoms with Crippen LogP contribution >= 0.6 is 0 Å². The van der Waals surface area contributed by atoms with E-state index in [4.69, 9.17) is 5.11 Å². The highest BCUT2D eigenvalue weighted by atomic mass is 16.4. The summed E-state index contributed by atoms with van der Waals surface area (Å²) in [6, 6.07) is 3.99. The first-order valence-electron chi connectivity index (χ1n) is 6.12. The molecule has 0 saturated heterocycles. The first-order valence-corrected chi connectivity index (χ1v) is 6.12. The fraction of sp³-hybridized carbons (Fsp3) is 0.538. The Hall–Kier alpha value is -1.42. The molecule has 1 fully saturated rings. The predicted octanol–water partition coefficient (Wildman–Crippen LogP) is 1.81. The van der Waals surface area contributed by atoms with Gasteiger partial charge in [-0.3, -0.25) is 9.78 Å². The normalized spacial score (nSPS) is 24.5. The van der Waals surface area contributed by atoms with E-state index in [0.29, 0.717) is 6.54 Å². The quantitative estimate of drug-likeness (QED) is 0.834. The second-order valence-electron chi connectivity index (χ2n) is 4.58. The number of nitrogens with one attached hydrogen (secondary N) is 1. The van der Waals surface area contributed by atoms with E-state index in [9.17, 15) is 4.79 Å². The summed E-state index contributed by atoms with van der Waals surface area (Å²) in [5.41, 5.74) is 1.10. The summed E-state index contributed by atoms with van der Waals surface area (Å²) in [5, 5.41) is 12.5. The second-order valence-corrected chi connectivity index (χ2v) is 4.58. The van der Waals surface area contributed by atoms with Gasteiger partial charge in [0.05, 0.1) is 5.92 Å². The molecule has 92 valence electrons. The van der Waals surface area contributed by atoms with Crippen LogP contribution < -0.4 is 5.32 Å². The Morgan fingerprint density at radius 1 is 1.47 bits per heavy atom. The highest BCUT2D eigenvalue weighted by Gasteiger charge is 2.30. The van der Waals surface area contributed by atoms with Crippen LogP contribution in [-0.2, 0) is 11.3 Å². The van der Waals surface area contributed by atoms with Gasteiger partial charge in [0.2, 0.25) is 0 Å². The number of carboxylic acid groups (broad SMARTS) is 1. The van der Waals surface area contributed by atoms with Crippen molar-refractivity contribution in [3.05, 3.63) is 30.1 Å². The van der Waals surface area contributed by atoms with Crippen LogP contribution in [0.4, 0.5) is 0 Å². The van der Waals surface area contributed by atoms with E-state index in [1.54, 1.807) is 6.20 Å². The Bertz CT molecular complexity index is 367. The van der Waals surface area contributed by atoms with Gasteiger partial charge in [0.1, 0.15) is 0 Å². The van der Waals surface area contributed by atoms with Crippen molar-refractivity contribution >= 4 is 5.97 Å². The molecule has 0 aliphatic heterocycles. The van der Waals surface area contributed by atoms with E-state index < -0.39 is 5.97 Å². The molecule has 4 nitrogen and oxygen atoms in total. The molecule has 2 atom stereocenters. The van der Waals surface area contributed by atoms with Gasteiger partial charge in [-0.15, -0.1) is 0 Å². The maximum Gasteiger partial charge on any atom is 0.308 e. The van der Waals surface area contributed by atoms with Crippen LogP contribution in [0.25, 0.3) is 0 Å². The molecule has 0 unspecified atom stereocenters. The average molecular weight is 234 g/mol. The average Bonchev–Trinajstić information content (AvgIpc) is 2.38. The molecule has 0 radical (unpaired) electrons. The summed E-state index contributed by atoms with van der Waals surface area (Å²) in [4.78, 5) is 15.2. The monoisotopic (exact) mass is 234 g/mol. The molecule has 1 aromatic rings. The third-order valence-corrected chi connectivity index (χ3v) is 3.37. The van der Waals surface area contributed by atoms with Gasteiger partial charge in [-0.1, -0.05) is 18.9 Å². The van der Waals surface area contributed by atoms with Crippen molar-refractivity contribution in [1.82, 2.24) is 10.3 Å². The second kappa shape index (κ2) is 5.77. The molecular formula is C13H18N2O2. The van der Waals surface area contributed by atoms with Crippen molar-refractivity contribution in [2.45, 2.75) is 38.3 Å². The summed E-state index contributed by atoms with van der Waals surface area (Å²) < 4.78 is 0. The topological polar surface area (TPSA) is 62.2 Å². The lowest BCUT2D eigenvalue weighted by molar-refractivity contribution is -0.143. The molecule has 1 aromatic heterocycles. The summed E-state index contributed by atoms with van der Waals surface area (Å²) in [6.45, 7) is 0.697. The van der Waals surface area contributed by atoms with Crippen LogP contribution in [0.3, 0.4) is 0 Å². The molecule has 2 N–H and O–H groups in total. The van der Waals surface area contributed by atoms with Gasteiger partial charge in [0.15, 0.2) is 0 Å². The number of nitrogens with zero attached hydrogens (tertiary/aromatic N) is 1. The SMILES string of the molecule is O=C(O)[C@@H]1CCCC[C@H]1NCc1cccnc1. The molecule has 0 aromatic carbocycles. The van der Waals surface area contributed by atoms with Crippen LogP contribution in [0.1, 0.15) is 31.2 Å². The third-order valence-electron chi connectivity index (χ3n) is 3.37. The maximum atomic E-state index is 11.1. The molecule has 1 heterocycles. The number of pyridine rings is 1.